The Kier molecular flexibility index (Phi) is 6.97. The van der Waals surface area contributed by atoms with Crippen molar-refractivity contribution >= 4 is 23.6 Å². The number of carbonyl (C=O) groups is 2. The minimum atomic E-state index is -0.0615. The van der Waals surface area contributed by atoms with Crippen molar-refractivity contribution in [3.8, 4) is 5.75 Å². The van der Waals surface area contributed by atoms with Gasteiger partial charge in [-0.1, -0.05) is 26.0 Å². The lowest BCUT2D eigenvalue weighted by molar-refractivity contribution is -0.127. The van der Waals surface area contributed by atoms with Gasteiger partial charge in [0.15, 0.2) is 0 Å². The Balaban J connectivity index is 1.76. The van der Waals surface area contributed by atoms with Crippen LogP contribution in [0.25, 0.3) is 0 Å². The van der Waals surface area contributed by atoms with E-state index in [4.69, 9.17) is 4.74 Å². The number of methoxy groups -OCH3 is 1. The molecule has 1 atom stereocenters. The highest BCUT2D eigenvalue weighted by molar-refractivity contribution is 8.00. The lowest BCUT2D eigenvalue weighted by atomic mass is 10.1. The zero-order chi connectivity index (χ0) is 17.5. The van der Waals surface area contributed by atoms with Crippen LogP contribution in [0.5, 0.6) is 5.75 Å². The van der Waals surface area contributed by atoms with Crippen LogP contribution in [0.4, 0.5) is 0 Å². The largest absolute Gasteiger partial charge is 0.497 e. The molecule has 1 aliphatic heterocycles. The van der Waals surface area contributed by atoms with E-state index in [1.165, 1.54) is 5.56 Å². The molecule has 1 aromatic carbocycles. The number of thioether (sulfide) groups is 1. The Bertz CT molecular complexity index is 560. The molecule has 1 fully saturated rings. The normalized spacial score (nSPS) is 17.4. The van der Waals surface area contributed by atoms with Crippen molar-refractivity contribution in [2.45, 2.75) is 38.0 Å². The van der Waals surface area contributed by atoms with Crippen LogP contribution in [0, 0.1) is 0 Å². The van der Waals surface area contributed by atoms with E-state index in [1.54, 1.807) is 18.9 Å². The molecule has 0 unspecified atom stereocenters. The summed E-state index contributed by atoms with van der Waals surface area (Å²) in [6.45, 7) is 5.42. The van der Waals surface area contributed by atoms with Crippen LogP contribution in [-0.4, -0.2) is 54.0 Å². The molecule has 0 aliphatic carbocycles. The number of rotatable bonds is 8. The predicted molar refractivity (Wildman–Crippen MR) is 97.4 cm³/mol. The zero-order valence-electron chi connectivity index (χ0n) is 14.6. The molecule has 1 aromatic rings. The number of nitrogens with zero attached hydrogens (tertiary/aromatic N) is 1. The number of benzene rings is 1. The van der Waals surface area contributed by atoms with E-state index in [0.29, 0.717) is 30.5 Å². The topological polar surface area (TPSA) is 58.6 Å². The first kappa shape index (κ1) is 18.6. The van der Waals surface area contributed by atoms with Gasteiger partial charge in [0.05, 0.1) is 18.9 Å². The highest BCUT2D eigenvalue weighted by Crippen LogP contribution is 2.15. The number of carbonyl (C=O) groups excluding carboxylic acids is 2. The molecule has 0 bridgehead atoms. The minimum Gasteiger partial charge on any atom is -0.497 e. The van der Waals surface area contributed by atoms with Crippen molar-refractivity contribution in [3.63, 3.8) is 0 Å². The second kappa shape index (κ2) is 8.97. The summed E-state index contributed by atoms with van der Waals surface area (Å²) in [5, 5.41) is 3.40. The first-order chi connectivity index (χ1) is 11.5. The van der Waals surface area contributed by atoms with Crippen LogP contribution in [0.2, 0.25) is 0 Å². The van der Waals surface area contributed by atoms with Gasteiger partial charge in [0.1, 0.15) is 5.75 Å². The molecule has 1 aliphatic rings. The second-order valence-corrected chi connectivity index (χ2v) is 7.83. The van der Waals surface area contributed by atoms with E-state index in [-0.39, 0.29) is 17.9 Å². The van der Waals surface area contributed by atoms with Gasteiger partial charge in [-0.05, 0) is 29.4 Å². The van der Waals surface area contributed by atoms with Crippen molar-refractivity contribution < 1.29 is 14.3 Å². The Morgan fingerprint density at radius 3 is 2.71 bits per heavy atom. The summed E-state index contributed by atoms with van der Waals surface area (Å²) in [5.74, 6) is 1.42. The third-order valence-corrected chi connectivity index (χ3v) is 5.05. The summed E-state index contributed by atoms with van der Waals surface area (Å²) in [7, 11) is 1.64. The average molecular weight is 350 g/mol. The molecule has 1 saturated heterocycles. The van der Waals surface area contributed by atoms with Crippen LogP contribution in [-0.2, 0) is 16.0 Å². The number of amides is 2. The number of hydrogen-bond donors (Lipinski definition) is 1. The fraction of sp³-hybridized carbons (Fsp3) is 0.556. The maximum Gasteiger partial charge on any atom is 0.230 e. The monoisotopic (exact) mass is 350 g/mol. The third-order valence-electron chi connectivity index (χ3n) is 3.96. The third kappa shape index (κ3) is 5.74. The van der Waals surface area contributed by atoms with Gasteiger partial charge in [0.2, 0.25) is 11.8 Å². The van der Waals surface area contributed by atoms with Gasteiger partial charge in [-0.2, -0.15) is 0 Å². The van der Waals surface area contributed by atoms with E-state index in [0.717, 1.165) is 12.2 Å². The van der Waals surface area contributed by atoms with E-state index >= 15 is 0 Å². The number of ether oxygens (including phenoxy) is 1. The predicted octanol–water partition coefficient (Wildman–Crippen LogP) is 2.10. The molecule has 132 valence electrons. The van der Waals surface area contributed by atoms with Crippen molar-refractivity contribution in [1.82, 2.24) is 10.2 Å². The van der Waals surface area contributed by atoms with Gasteiger partial charge >= 0.3 is 0 Å². The lowest BCUT2D eigenvalue weighted by Gasteiger charge is -2.17. The molecule has 0 spiro atoms. The Morgan fingerprint density at radius 1 is 1.38 bits per heavy atom. The average Bonchev–Trinajstić information content (AvgIpc) is 2.91. The van der Waals surface area contributed by atoms with E-state index in [1.807, 2.05) is 29.2 Å². The van der Waals surface area contributed by atoms with Crippen LogP contribution >= 0.6 is 11.8 Å². The molecule has 6 heteroatoms. The molecule has 5 nitrogen and oxygen atoms in total. The molecule has 0 radical (unpaired) electrons. The molecule has 2 rings (SSSR count). The van der Waals surface area contributed by atoms with Crippen molar-refractivity contribution in [3.05, 3.63) is 29.8 Å². The van der Waals surface area contributed by atoms with Crippen molar-refractivity contribution in [2.24, 2.45) is 0 Å². The first-order valence-corrected chi connectivity index (χ1v) is 9.34. The van der Waals surface area contributed by atoms with Gasteiger partial charge in [-0.3, -0.25) is 9.59 Å². The number of likely N-dealkylation sites (tertiary alicyclic amines) is 1. The summed E-state index contributed by atoms with van der Waals surface area (Å²) < 4.78 is 5.14. The number of nitrogens with one attached hydrogen (secondary N) is 1. The molecule has 24 heavy (non-hydrogen) atoms. The molecule has 1 N–H and O–H groups in total. The van der Waals surface area contributed by atoms with Gasteiger partial charge < -0.3 is 15.0 Å². The van der Waals surface area contributed by atoms with Gasteiger partial charge in [-0.25, -0.2) is 0 Å². The number of hydrogen-bond acceptors (Lipinski definition) is 4. The van der Waals surface area contributed by atoms with Crippen molar-refractivity contribution in [2.75, 3.05) is 26.0 Å². The first-order valence-electron chi connectivity index (χ1n) is 8.29. The fourth-order valence-corrected chi connectivity index (χ4v) is 3.22. The Hall–Kier alpha value is -1.69. The fourth-order valence-electron chi connectivity index (χ4n) is 2.65. The summed E-state index contributed by atoms with van der Waals surface area (Å²) >= 11 is 1.61. The smallest absolute Gasteiger partial charge is 0.230 e. The van der Waals surface area contributed by atoms with Crippen LogP contribution < -0.4 is 10.1 Å². The molecule has 2 amide bonds. The van der Waals surface area contributed by atoms with Crippen molar-refractivity contribution in [1.29, 1.82) is 0 Å². The summed E-state index contributed by atoms with van der Waals surface area (Å²) in [4.78, 5) is 25.8. The van der Waals surface area contributed by atoms with E-state index < -0.39 is 0 Å². The van der Waals surface area contributed by atoms with Gasteiger partial charge in [-0.15, -0.1) is 11.8 Å². The van der Waals surface area contributed by atoms with E-state index in [2.05, 4.69) is 19.2 Å². The Labute approximate surface area is 148 Å². The highest BCUT2D eigenvalue weighted by Gasteiger charge is 2.30. The summed E-state index contributed by atoms with van der Waals surface area (Å²) in [5.41, 5.74) is 1.17. The molecule has 0 aromatic heterocycles. The lowest BCUT2D eigenvalue weighted by Crippen LogP contribution is -2.38. The zero-order valence-corrected chi connectivity index (χ0v) is 15.4. The van der Waals surface area contributed by atoms with Crippen LogP contribution in [0.15, 0.2) is 24.3 Å². The summed E-state index contributed by atoms with van der Waals surface area (Å²) in [6.07, 6.45) is 1.21. The molecular formula is C18H26N2O3S. The Morgan fingerprint density at radius 2 is 2.08 bits per heavy atom. The maximum atomic E-state index is 12.1. The maximum absolute atomic E-state index is 12.1. The standard InChI is InChI=1S/C18H26N2O3S/c1-13(2)24-12-17(21)19-15-10-18(22)20(11-15)9-8-14-4-6-16(23-3)7-5-14/h4-7,13,15H,8-12H2,1-3H3,(H,19,21)/t15-/m0/s1. The summed E-state index contributed by atoms with van der Waals surface area (Å²) in [6, 6.07) is 7.82. The molecule has 1 heterocycles. The highest BCUT2D eigenvalue weighted by atomic mass is 32.2. The van der Waals surface area contributed by atoms with Crippen LogP contribution in [0.3, 0.4) is 0 Å². The minimum absolute atomic E-state index is 0.0171. The quantitative estimate of drug-likeness (QED) is 0.780. The van der Waals surface area contributed by atoms with Crippen LogP contribution in [0.1, 0.15) is 25.8 Å². The van der Waals surface area contributed by atoms with Gasteiger partial charge in [0.25, 0.3) is 0 Å². The molecule has 0 saturated carbocycles. The van der Waals surface area contributed by atoms with E-state index in [9.17, 15) is 9.59 Å². The molecular weight excluding hydrogens is 324 g/mol. The second-order valence-electron chi connectivity index (χ2n) is 6.27. The SMILES string of the molecule is COc1ccc(CCN2C[C@@H](NC(=O)CSC(C)C)CC2=O)cc1. The van der Waals surface area contributed by atoms with Gasteiger partial charge in [0, 0.05) is 19.5 Å².